The van der Waals surface area contributed by atoms with Gasteiger partial charge in [0.05, 0.1) is 23.2 Å². The van der Waals surface area contributed by atoms with Crippen molar-refractivity contribution in [3.05, 3.63) is 66.0 Å². The molecule has 1 aliphatic heterocycles. The molecule has 0 atom stereocenters. The number of urea groups is 1. The first kappa shape index (κ1) is 20.9. The number of carbonyl (C=O) groups is 1. The molecule has 0 radical (unpaired) electrons. The normalized spacial score (nSPS) is 15.5. The van der Waals surface area contributed by atoms with Crippen molar-refractivity contribution in [2.45, 2.75) is 25.0 Å². The predicted octanol–water partition coefficient (Wildman–Crippen LogP) is 3.02. The maximum atomic E-state index is 12.2. The molecule has 2 aromatic heterocycles. The van der Waals surface area contributed by atoms with E-state index < -0.39 is 5.60 Å². The number of benzene rings is 1. The Balaban J connectivity index is 1.38. The first-order chi connectivity index (χ1) is 14.9. The Morgan fingerprint density at radius 1 is 1.23 bits per heavy atom. The first-order valence-electron chi connectivity index (χ1n) is 10.3. The number of rotatable bonds is 5. The fraction of sp³-hybridized carbons (Fsp3) is 0.348. The lowest BCUT2D eigenvalue weighted by Gasteiger charge is -2.39. The lowest BCUT2D eigenvalue weighted by atomic mass is 9.84. The van der Waals surface area contributed by atoms with Crippen molar-refractivity contribution in [3.63, 3.8) is 0 Å². The molecule has 162 valence electrons. The van der Waals surface area contributed by atoms with Crippen molar-refractivity contribution in [1.82, 2.24) is 25.0 Å². The van der Waals surface area contributed by atoms with Crippen LogP contribution in [0.5, 0.6) is 5.75 Å². The van der Waals surface area contributed by atoms with Crippen LogP contribution >= 0.6 is 0 Å². The number of ether oxygens (including phenoxy) is 1. The predicted molar refractivity (Wildman–Crippen MR) is 116 cm³/mol. The minimum Gasteiger partial charge on any atom is -0.487 e. The van der Waals surface area contributed by atoms with Gasteiger partial charge in [-0.05, 0) is 48.2 Å². The van der Waals surface area contributed by atoms with Crippen molar-refractivity contribution >= 4 is 6.03 Å². The summed E-state index contributed by atoms with van der Waals surface area (Å²) in [6.45, 7) is 1.44. The minimum atomic E-state index is -0.938. The lowest BCUT2D eigenvalue weighted by Crippen LogP contribution is -2.48. The van der Waals surface area contributed by atoms with E-state index >= 15 is 0 Å². The summed E-state index contributed by atoms with van der Waals surface area (Å²) >= 11 is 0. The van der Waals surface area contributed by atoms with Crippen LogP contribution in [0, 0.1) is 0 Å². The number of nitrogens with one attached hydrogen (secondary N) is 1. The highest BCUT2D eigenvalue weighted by Gasteiger charge is 2.35. The van der Waals surface area contributed by atoms with E-state index in [9.17, 15) is 9.90 Å². The van der Waals surface area contributed by atoms with E-state index in [2.05, 4.69) is 15.2 Å². The smallest absolute Gasteiger partial charge is 0.319 e. The van der Waals surface area contributed by atoms with Gasteiger partial charge in [-0.25, -0.2) is 4.79 Å². The van der Waals surface area contributed by atoms with Crippen LogP contribution in [0.15, 0.2) is 54.9 Å². The lowest BCUT2D eigenvalue weighted by molar-refractivity contribution is -0.0189. The average Bonchev–Trinajstić information content (AvgIpc) is 3.33. The maximum Gasteiger partial charge on any atom is 0.319 e. The second-order valence-electron chi connectivity index (χ2n) is 8.03. The van der Waals surface area contributed by atoms with Gasteiger partial charge < -0.3 is 19.6 Å². The molecule has 0 spiro atoms. The second-order valence-corrected chi connectivity index (χ2v) is 8.03. The van der Waals surface area contributed by atoms with Crippen LogP contribution < -0.4 is 4.74 Å². The standard InChI is InChI=1S/C23H27N5O3/c1-27(2)22(29)28-12-9-23(30,10-13-28)18-5-3-4-17(14-18)16-31-19-6-7-20(24-15-19)21-8-11-25-26-21/h3-8,11,14-15,30H,9-10,12-13,16H2,1-2H3,(H,25,26). The number of aliphatic hydroxyl groups is 1. The molecule has 2 N–H and O–H groups in total. The molecule has 0 saturated carbocycles. The van der Waals surface area contributed by atoms with Gasteiger partial charge in [0.1, 0.15) is 12.4 Å². The Kier molecular flexibility index (Phi) is 5.90. The zero-order valence-corrected chi connectivity index (χ0v) is 17.8. The van der Waals surface area contributed by atoms with Crippen molar-refractivity contribution in [2.75, 3.05) is 27.2 Å². The highest BCUT2D eigenvalue weighted by molar-refractivity contribution is 5.73. The Morgan fingerprint density at radius 3 is 2.68 bits per heavy atom. The van der Waals surface area contributed by atoms with Gasteiger partial charge in [-0.3, -0.25) is 10.1 Å². The molecule has 8 heteroatoms. The molecular formula is C23H27N5O3. The summed E-state index contributed by atoms with van der Waals surface area (Å²) in [5.41, 5.74) is 2.54. The molecule has 1 fully saturated rings. The van der Waals surface area contributed by atoms with Crippen LogP contribution in [0.2, 0.25) is 0 Å². The van der Waals surface area contributed by atoms with Crippen LogP contribution in [-0.4, -0.2) is 63.3 Å². The topological polar surface area (TPSA) is 94.6 Å². The van der Waals surface area contributed by atoms with Gasteiger partial charge in [-0.1, -0.05) is 18.2 Å². The largest absolute Gasteiger partial charge is 0.487 e. The van der Waals surface area contributed by atoms with Gasteiger partial charge in [0.2, 0.25) is 0 Å². The van der Waals surface area contributed by atoms with E-state index in [4.69, 9.17) is 4.74 Å². The Labute approximate surface area is 181 Å². The first-order valence-corrected chi connectivity index (χ1v) is 10.3. The maximum absolute atomic E-state index is 12.2. The number of nitrogens with zero attached hydrogens (tertiary/aromatic N) is 4. The molecule has 0 unspecified atom stereocenters. The minimum absolute atomic E-state index is 0.0173. The summed E-state index contributed by atoms with van der Waals surface area (Å²) in [5.74, 6) is 0.669. The van der Waals surface area contributed by atoms with Gasteiger partial charge in [0.15, 0.2) is 0 Å². The van der Waals surface area contributed by atoms with E-state index in [0.29, 0.717) is 38.3 Å². The SMILES string of the molecule is CN(C)C(=O)N1CCC(O)(c2cccc(COc3ccc(-c4ccn[nH]4)nc3)c2)CC1. The van der Waals surface area contributed by atoms with Gasteiger partial charge in [0, 0.05) is 33.4 Å². The number of pyridine rings is 1. The summed E-state index contributed by atoms with van der Waals surface area (Å²) in [6.07, 6.45) is 4.39. The molecule has 3 aromatic rings. The van der Waals surface area contributed by atoms with Crippen LogP contribution in [0.1, 0.15) is 24.0 Å². The van der Waals surface area contributed by atoms with Crippen molar-refractivity contribution in [3.8, 4) is 17.1 Å². The number of piperidine rings is 1. The average molecular weight is 422 g/mol. The number of aromatic nitrogens is 3. The van der Waals surface area contributed by atoms with E-state index in [1.807, 2.05) is 42.5 Å². The van der Waals surface area contributed by atoms with Crippen LogP contribution in [0.25, 0.3) is 11.4 Å². The summed E-state index contributed by atoms with van der Waals surface area (Å²) < 4.78 is 5.89. The second kappa shape index (κ2) is 8.77. The van der Waals surface area contributed by atoms with E-state index in [-0.39, 0.29) is 6.03 Å². The third-order valence-corrected chi connectivity index (χ3v) is 5.63. The molecule has 4 rings (SSSR count). The van der Waals surface area contributed by atoms with Crippen LogP contribution in [-0.2, 0) is 12.2 Å². The van der Waals surface area contributed by atoms with Crippen LogP contribution in [0.3, 0.4) is 0 Å². The molecule has 8 nitrogen and oxygen atoms in total. The van der Waals surface area contributed by atoms with Crippen LogP contribution in [0.4, 0.5) is 4.79 Å². The molecule has 0 aliphatic carbocycles. The number of aromatic amines is 1. The molecule has 2 amide bonds. The van der Waals surface area contributed by atoms with Crippen molar-refractivity contribution in [1.29, 1.82) is 0 Å². The molecular weight excluding hydrogens is 394 g/mol. The number of hydrogen-bond donors (Lipinski definition) is 2. The third kappa shape index (κ3) is 4.69. The quantitative estimate of drug-likeness (QED) is 0.660. The number of likely N-dealkylation sites (tertiary alicyclic amines) is 1. The van der Waals surface area contributed by atoms with E-state index in [0.717, 1.165) is 22.5 Å². The third-order valence-electron chi connectivity index (χ3n) is 5.63. The summed E-state index contributed by atoms with van der Waals surface area (Å²) in [6, 6.07) is 13.4. The zero-order chi connectivity index (χ0) is 21.8. The number of H-pyrrole nitrogens is 1. The van der Waals surface area contributed by atoms with Crippen molar-refractivity contribution < 1.29 is 14.6 Å². The Hall–Kier alpha value is -3.39. The fourth-order valence-corrected chi connectivity index (χ4v) is 3.78. The number of amides is 2. The van der Waals surface area contributed by atoms with Gasteiger partial charge in [-0.15, -0.1) is 0 Å². The highest BCUT2D eigenvalue weighted by Crippen LogP contribution is 2.33. The number of carbonyl (C=O) groups excluding carboxylic acids is 1. The Bertz CT molecular complexity index is 1010. The fourth-order valence-electron chi connectivity index (χ4n) is 3.78. The van der Waals surface area contributed by atoms with Gasteiger partial charge in [0.25, 0.3) is 0 Å². The molecule has 31 heavy (non-hydrogen) atoms. The molecule has 0 bridgehead atoms. The van der Waals surface area contributed by atoms with E-state index in [1.165, 1.54) is 0 Å². The number of hydrogen-bond acceptors (Lipinski definition) is 5. The summed E-state index contributed by atoms with van der Waals surface area (Å²) in [5, 5.41) is 18.0. The van der Waals surface area contributed by atoms with Crippen molar-refractivity contribution in [2.24, 2.45) is 0 Å². The zero-order valence-electron chi connectivity index (χ0n) is 17.8. The summed E-state index contributed by atoms with van der Waals surface area (Å²) in [7, 11) is 3.49. The molecule has 1 aliphatic rings. The van der Waals surface area contributed by atoms with Gasteiger partial charge >= 0.3 is 6.03 Å². The summed E-state index contributed by atoms with van der Waals surface area (Å²) in [4.78, 5) is 19.9. The highest BCUT2D eigenvalue weighted by atomic mass is 16.5. The van der Waals surface area contributed by atoms with E-state index in [1.54, 1.807) is 36.3 Å². The molecule has 3 heterocycles. The monoisotopic (exact) mass is 421 g/mol. The molecule has 1 aromatic carbocycles. The van der Waals surface area contributed by atoms with Gasteiger partial charge in [-0.2, -0.15) is 5.10 Å². The Morgan fingerprint density at radius 2 is 2.03 bits per heavy atom. The molecule has 1 saturated heterocycles.